The van der Waals surface area contributed by atoms with Gasteiger partial charge in [0, 0.05) is 5.56 Å². The molecule has 28 heavy (non-hydrogen) atoms. The van der Waals surface area contributed by atoms with Gasteiger partial charge in [-0.2, -0.15) is 10.2 Å². The topological polar surface area (TPSA) is 129 Å². The summed E-state index contributed by atoms with van der Waals surface area (Å²) in [5.74, 6) is 1.81. The van der Waals surface area contributed by atoms with E-state index >= 15 is 0 Å². The molecular weight excluding hydrogens is 358 g/mol. The Bertz CT molecular complexity index is 1050. The molecule has 0 amide bonds. The summed E-state index contributed by atoms with van der Waals surface area (Å²) in [4.78, 5) is 7.97. The summed E-state index contributed by atoms with van der Waals surface area (Å²) in [7, 11) is 3.15. The van der Waals surface area contributed by atoms with Crippen LogP contribution in [0, 0.1) is 11.3 Å². The highest BCUT2D eigenvalue weighted by molar-refractivity contribution is 5.74. The van der Waals surface area contributed by atoms with Gasteiger partial charge in [0.1, 0.15) is 29.8 Å². The van der Waals surface area contributed by atoms with Crippen molar-refractivity contribution in [3.05, 3.63) is 53.6 Å². The van der Waals surface area contributed by atoms with E-state index in [0.29, 0.717) is 29.4 Å². The summed E-state index contributed by atoms with van der Waals surface area (Å²) < 4.78 is 16.5. The van der Waals surface area contributed by atoms with Crippen molar-refractivity contribution >= 4 is 11.8 Å². The molecule has 0 fully saturated rings. The lowest BCUT2D eigenvalue weighted by Crippen LogP contribution is -2.05. The highest BCUT2D eigenvalue weighted by Gasteiger charge is 2.15. The molecule has 0 saturated carbocycles. The van der Waals surface area contributed by atoms with Crippen LogP contribution in [0.15, 0.2) is 42.5 Å². The first kappa shape index (κ1) is 18.8. The molecule has 1 aromatic heterocycles. The first-order valence-corrected chi connectivity index (χ1v) is 8.33. The number of nitrogens with two attached hydrogens (primary N) is 2. The molecule has 0 bridgehead atoms. The third-order valence-corrected chi connectivity index (χ3v) is 4.03. The number of nitrogen functional groups attached to an aromatic ring is 2. The van der Waals surface area contributed by atoms with Crippen LogP contribution in [-0.2, 0) is 6.61 Å². The fraction of sp³-hybridized carbons (Fsp3) is 0.150. The van der Waals surface area contributed by atoms with E-state index in [9.17, 15) is 5.26 Å². The Morgan fingerprint density at radius 1 is 1.00 bits per heavy atom. The molecule has 0 unspecified atom stereocenters. The van der Waals surface area contributed by atoms with Crippen molar-refractivity contribution in [2.75, 3.05) is 25.7 Å². The van der Waals surface area contributed by atoms with E-state index in [2.05, 4.69) is 9.97 Å². The van der Waals surface area contributed by atoms with Gasteiger partial charge in [-0.1, -0.05) is 12.1 Å². The Morgan fingerprint density at radius 2 is 1.82 bits per heavy atom. The fourth-order valence-corrected chi connectivity index (χ4v) is 2.67. The Labute approximate surface area is 162 Å². The van der Waals surface area contributed by atoms with E-state index in [1.165, 1.54) is 7.11 Å². The number of anilines is 2. The van der Waals surface area contributed by atoms with Crippen molar-refractivity contribution in [1.29, 1.82) is 5.26 Å². The Morgan fingerprint density at radius 3 is 2.54 bits per heavy atom. The molecule has 142 valence electrons. The lowest BCUT2D eigenvalue weighted by atomic mass is 10.1. The number of methoxy groups -OCH3 is 2. The molecular formula is C20H19N5O3. The van der Waals surface area contributed by atoms with Gasteiger partial charge in [-0.3, -0.25) is 0 Å². The van der Waals surface area contributed by atoms with Gasteiger partial charge in [0.05, 0.1) is 19.9 Å². The van der Waals surface area contributed by atoms with Crippen LogP contribution in [0.4, 0.5) is 11.8 Å². The fourth-order valence-electron chi connectivity index (χ4n) is 2.67. The second kappa shape index (κ2) is 8.14. The SMILES string of the molecule is COc1cccc(COc2ccc(-c3nc(N)nc(N)c3C#N)cc2OC)c1. The van der Waals surface area contributed by atoms with E-state index in [1.54, 1.807) is 25.3 Å². The third kappa shape index (κ3) is 3.88. The van der Waals surface area contributed by atoms with Crippen LogP contribution in [0.3, 0.4) is 0 Å². The average Bonchev–Trinajstić information content (AvgIpc) is 2.71. The maximum atomic E-state index is 9.37. The lowest BCUT2D eigenvalue weighted by Gasteiger charge is -2.13. The van der Waals surface area contributed by atoms with Crippen molar-refractivity contribution in [3.63, 3.8) is 0 Å². The van der Waals surface area contributed by atoms with Gasteiger partial charge in [-0.15, -0.1) is 0 Å². The molecule has 0 aliphatic heterocycles. The standard InChI is InChI=1S/C20H19N5O3/c1-26-14-5-3-4-12(8-14)11-28-16-7-6-13(9-17(16)27-2)18-15(10-21)19(22)25-20(23)24-18/h3-9H,11H2,1-2H3,(H4,22,23,24,25). The minimum absolute atomic E-state index is 0.0104. The molecule has 3 aromatic rings. The first-order chi connectivity index (χ1) is 13.5. The summed E-state index contributed by atoms with van der Waals surface area (Å²) in [6, 6.07) is 14.8. The highest BCUT2D eigenvalue weighted by Crippen LogP contribution is 2.34. The van der Waals surface area contributed by atoms with Crippen molar-refractivity contribution < 1.29 is 14.2 Å². The minimum Gasteiger partial charge on any atom is -0.497 e. The van der Waals surface area contributed by atoms with Crippen LogP contribution in [0.1, 0.15) is 11.1 Å². The van der Waals surface area contributed by atoms with Gasteiger partial charge in [-0.25, -0.2) is 4.98 Å². The smallest absolute Gasteiger partial charge is 0.222 e. The van der Waals surface area contributed by atoms with Crippen LogP contribution in [0.2, 0.25) is 0 Å². The maximum absolute atomic E-state index is 9.37. The summed E-state index contributed by atoms with van der Waals surface area (Å²) in [6.07, 6.45) is 0. The number of ether oxygens (including phenoxy) is 3. The number of hydrogen-bond acceptors (Lipinski definition) is 8. The van der Waals surface area contributed by atoms with Crippen LogP contribution < -0.4 is 25.7 Å². The van der Waals surface area contributed by atoms with E-state index in [4.69, 9.17) is 25.7 Å². The number of nitrogens with zero attached hydrogens (tertiary/aromatic N) is 3. The van der Waals surface area contributed by atoms with E-state index in [0.717, 1.165) is 11.3 Å². The molecule has 4 N–H and O–H groups in total. The number of nitriles is 1. The predicted octanol–water partition coefficient (Wildman–Crippen LogP) is 2.78. The van der Waals surface area contributed by atoms with Crippen molar-refractivity contribution in [2.24, 2.45) is 0 Å². The molecule has 0 aliphatic rings. The summed E-state index contributed by atoms with van der Waals surface area (Å²) in [6.45, 7) is 0.337. The second-order valence-corrected chi connectivity index (χ2v) is 5.81. The van der Waals surface area contributed by atoms with Gasteiger partial charge < -0.3 is 25.7 Å². The molecule has 0 radical (unpaired) electrons. The number of benzene rings is 2. The van der Waals surface area contributed by atoms with Crippen LogP contribution in [-0.4, -0.2) is 24.2 Å². The largest absolute Gasteiger partial charge is 0.497 e. The monoisotopic (exact) mass is 377 g/mol. The van der Waals surface area contributed by atoms with Gasteiger partial charge in [0.15, 0.2) is 11.5 Å². The molecule has 0 spiro atoms. The molecule has 8 heteroatoms. The van der Waals surface area contributed by atoms with Crippen molar-refractivity contribution in [2.45, 2.75) is 6.61 Å². The zero-order chi connectivity index (χ0) is 20.1. The molecule has 1 heterocycles. The molecule has 8 nitrogen and oxygen atoms in total. The van der Waals surface area contributed by atoms with Crippen molar-refractivity contribution in [3.8, 4) is 34.6 Å². The lowest BCUT2D eigenvalue weighted by molar-refractivity contribution is 0.284. The molecule has 0 saturated heterocycles. The quantitative estimate of drug-likeness (QED) is 0.671. The minimum atomic E-state index is -0.0104. The molecule has 2 aromatic carbocycles. The Balaban J connectivity index is 1.90. The van der Waals surface area contributed by atoms with Gasteiger partial charge in [0.2, 0.25) is 5.95 Å². The second-order valence-electron chi connectivity index (χ2n) is 5.81. The summed E-state index contributed by atoms with van der Waals surface area (Å²) >= 11 is 0. The number of rotatable bonds is 6. The molecule has 0 atom stereocenters. The zero-order valence-electron chi connectivity index (χ0n) is 15.5. The van der Waals surface area contributed by atoms with E-state index < -0.39 is 0 Å². The van der Waals surface area contributed by atoms with E-state index in [-0.39, 0.29) is 17.3 Å². The average molecular weight is 377 g/mol. The molecule has 3 rings (SSSR count). The van der Waals surface area contributed by atoms with Crippen LogP contribution in [0.25, 0.3) is 11.3 Å². The number of hydrogen-bond donors (Lipinski definition) is 2. The van der Waals surface area contributed by atoms with Crippen molar-refractivity contribution in [1.82, 2.24) is 9.97 Å². The predicted molar refractivity (Wildman–Crippen MR) is 105 cm³/mol. The van der Waals surface area contributed by atoms with Gasteiger partial charge in [0.25, 0.3) is 0 Å². The summed E-state index contributed by atoms with van der Waals surface area (Å²) in [5, 5.41) is 9.37. The van der Waals surface area contributed by atoms with E-state index in [1.807, 2.05) is 30.3 Å². The van der Waals surface area contributed by atoms with Crippen LogP contribution >= 0.6 is 0 Å². The van der Waals surface area contributed by atoms with Gasteiger partial charge in [-0.05, 0) is 35.9 Å². The van der Waals surface area contributed by atoms with Crippen LogP contribution in [0.5, 0.6) is 17.2 Å². The molecule has 0 aliphatic carbocycles. The van der Waals surface area contributed by atoms with Gasteiger partial charge >= 0.3 is 0 Å². The maximum Gasteiger partial charge on any atom is 0.222 e. The Hall–Kier alpha value is -3.99. The zero-order valence-corrected chi connectivity index (χ0v) is 15.5. The first-order valence-electron chi connectivity index (χ1n) is 8.33. The third-order valence-electron chi connectivity index (χ3n) is 4.03. The normalized spacial score (nSPS) is 10.2. The summed E-state index contributed by atoms with van der Waals surface area (Å²) in [5.41, 5.74) is 13.5. The number of aromatic nitrogens is 2. The Kier molecular flexibility index (Phi) is 5.46. The highest BCUT2D eigenvalue weighted by atomic mass is 16.5.